The topological polar surface area (TPSA) is 3.24 Å². The minimum atomic E-state index is -0.599. The van der Waals surface area contributed by atoms with Crippen molar-refractivity contribution in [1.82, 2.24) is 0 Å². The first-order valence-electron chi connectivity index (χ1n) is 19.7. The summed E-state index contributed by atoms with van der Waals surface area (Å²) >= 11 is 1.90. The molecule has 0 bridgehead atoms. The highest BCUT2D eigenvalue weighted by Crippen LogP contribution is 2.63. The highest BCUT2D eigenvalue weighted by atomic mass is 32.1. The summed E-state index contributed by atoms with van der Waals surface area (Å²) in [5, 5.41) is 2.65. The molecule has 0 N–H and O–H groups in total. The predicted molar refractivity (Wildman–Crippen MR) is 241 cm³/mol. The van der Waals surface area contributed by atoms with Gasteiger partial charge in [0.2, 0.25) is 0 Å². The van der Waals surface area contributed by atoms with Crippen LogP contribution in [0.25, 0.3) is 64.7 Å². The lowest BCUT2D eigenvalue weighted by Crippen LogP contribution is -2.29. The molecule has 0 amide bonds. The van der Waals surface area contributed by atoms with Crippen molar-refractivity contribution in [3.05, 3.63) is 235 Å². The van der Waals surface area contributed by atoms with Crippen LogP contribution < -0.4 is 4.90 Å². The van der Waals surface area contributed by atoms with Gasteiger partial charge in [-0.05, 0) is 110 Å². The molecule has 1 unspecified atom stereocenters. The first-order valence-corrected chi connectivity index (χ1v) is 20.5. The van der Waals surface area contributed by atoms with E-state index in [2.05, 4.69) is 217 Å². The summed E-state index contributed by atoms with van der Waals surface area (Å²) in [5.74, 6) is 0. The van der Waals surface area contributed by atoms with Crippen LogP contribution in [0.15, 0.2) is 212 Å². The fourth-order valence-electron chi connectivity index (χ4n) is 9.97. The Morgan fingerprint density at radius 2 is 0.860 bits per heavy atom. The Morgan fingerprint density at radius 3 is 1.60 bits per heavy atom. The van der Waals surface area contributed by atoms with Crippen molar-refractivity contribution in [3.63, 3.8) is 0 Å². The van der Waals surface area contributed by atoms with Crippen molar-refractivity contribution in [2.45, 2.75) is 5.41 Å². The maximum Gasteiger partial charge on any atom is 0.0726 e. The molecule has 0 saturated carbocycles. The van der Waals surface area contributed by atoms with E-state index in [9.17, 15) is 0 Å². The number of benzene rings is 9. The number of hydrogen-bond acceptors (Lipinski definition) is 2. The van der Waals surface area contributed by atoms with E-state index >= 15 is 0 Å². The maximum atomic E-state index is 2.54. The minimum absolute atomic E-state index is 0.599. The summed E-state index contributed by atoms with van der Waals surface area (Å²) < 4.78 is 2.65. The van der Waals surface area contributed by atoms with Gasteiger partial charge in [0.25, 0.3) is 0 Å². The maximum absolute atomic E-state index is 2.54. The molecule has 1 heterocycles. The Labute approximate surface area is 336 Å². The molecule has 2 aliphatic rings. The van der Waals surface area contributed by atoms with Crippen molar-refractivity contribution in [2.24, 2.45) is 0 Å². The first-order chi connectivity index (χ1) is 28.3. The van der Waals surface area contributed by atoms with Crippen LogP contribution >= 0.6 is 11.3 Å². The standard InChI is InChI=1S/C55H35NS/c1-3-17-36(18-4-1)39-21-11-15-29-52(39)56(37-19-5-2-6-20-37)38-31-32-44-41-23-8-7-22-40(41)42-24-9-13-27-48(42)55(50(44)33-38)49-28-14-10-25-43(49)46-34-47-45-26-12-16-30-53(45)57-54(47)35-51(46)55/h1-35H. The first kappa shape index (κ1) is 32.3. The van der Waals surface area contributed by atoms with E-state index < -0.39 is 5.41 Å². The monoisotopic (exact) mass is 741 g/mol. The summed E-state index contributed by atoms with van der Waals surface area (Å²) in [4.78, 5) is 2.45. The third-order valence-electron chi connectivity index (χ3n) is 12.3. The van der Waals surface area contributed by atoms with E-state index in [0.29, 0.717) is 0 Å². The van der Waals surface area contributed by atoms with Gasteiger partial charge < -0.3 is 4.90 Å². The van der Waals surface area contributed by atoms with Gasteiger partial charge in [0.15, 0.2) is 0 Å². The van der Waals surface area contributed by atoms with Crippen LogP contribution in [0.3, 0.4) is 0 Å². The summed E-state index contributed by atoms with van der Waals surface area (Å²) in [6.07, 6.45) is 0. The molecule has 0 saturated heterocycles. The fourth-order valence-corrected chi connectivity index (χ4v) is 11.1. The average Bonchev–Trinajstić information content (AvgIpc) is 3.76. The molecule has 57 heavy (non-hydrogen) atoms. The smallest absolute Gasteiger partial charge is 0.0726 e. The SMILES string of the molecule is c1ccc(-c2ccccc2N(c2ccccc2)c2ccc3c(c2)C2(c4ccccc4-c4ccccc4-3)c3ccccc3-c3cc4c(cc32)sc2ccccc24)cc1. The number of nitrogens with zero attached hydrogens (tertiary/aromatic N) is 1. The van der Waals surface area contributed by atoms with Gasteiger partial charge in [0, 0.05) is 37.1 Å². The van der Waals surface area contributed by atoms with Gasteiger partial charge in [-0.25, -0.2) is 0 Å². The number of para-hydroxylation sites is 2. The molecule has 2 aliphatic carbocycles. The lowest BCUT2D eigenvalue weighted by atomic mass is 9.65. The van der Waals surface area contributed by atoms with Gasteiger partial charge in [-0.2, -0.15) is 0 Å². The number of anilines is 3. The normalized spacial score (nSPS) is 14.7. The number of thiophene rings is 1. The second kappa shape index (κ2) is 12.5. The van der Waals surface area contributed by atoms with Crippen molar-refractivity contribution >= 4 is 48.6 Å². The zero-order valence-electron chi connectivity index (χ0n) is 31.1. The highest BCUT2D eigenvalue weighted by Gasteiger charge is 2.50. The molecule has 1 nitrogen and oxygen atoms in total. The van der Waals surface area contributed by atoms with Gasteiger partial charge in [0.05, 0.1) is 11.1 Å². The van der Waals surface area contributed by atoms with Crippen LogP contribution in [0.2, 0.25) is 0 Å². The molecule has 266 valence electrons. The molecule has 10 aromatic rings. The molecule has 0 fully saturated rings. The van der Waals surface area contributed by atoms with Crippen molar-refractivity contribution < 1.29 is 0 Å². The third-order valence-corrected chi connectivity index (χ3v) is 13.4. The summed E-state index contributed by atoms with van der Waals surface area (Å²) in [5.41, 5.74) is 18.1. The Balaban J connectivity index is 1.23. The number of fused-ring (bicyclic) bond motifs is 15. The van der Waals surface area contributed by atoms with Crippen molar-refractivity contribution in [2.75, 3.05) is 4.90 Å². The van der Waals surface area contributed by atoms with E-state index in [1.54, 1.807) is 0 Å². The quantitative estimate of drug-likeness (QED) is 0.174. The lowest BCUT2D eigenvalue weighted by Gasteiger charge is -2.36. The number of rotatable bonds is 4. The Hall–Kier alpha value is -7.00. The van der Waals surface area contributed by atoms with Gasteiger partial charge in [-0.15, -0.1) is 11.3 Å². The average molecular weight is 742 g/mol. The van der Waals surface area contributed by atoms with E-state index in [4.69, 9.17) is 0 Å². The van der Waals surface area contributed by atoms with Crippen LogP contribution in [0.1, 0.15) is 22.3 Å². The van der Waals surface area contributed by atoms with E-state index in [1.165, 1.54) is 86.9 Å². The molecule has 1 aromatic heterocycles. The van der Waals surface area contributed by atoms with E-state index in [0.717, 1.165) is 17.1 Å². The Bertz CT molecular complexity index is 3190. The zero-order valence-corrected chi connectivity index (χ0v) is 31.9. The van der Waals surface area contributed by atoms with Crippen molar-refractivity contribution in [1.29, 1.82) is 0 Å². The second-order valence-electron chi connectivity index (χ2n) is 15.2. The van der Waals surface area contributed by atoms with Gasteiger partial charge >= 0.3 is 0 Å². The molecule has 2 heteroatoms. The fraction of sp³-hybridized carbons (Fsp3) is 0.0182. The molecular weight excluding hydrogens is 707 g/mol. The molecule has 0 radical (unpaired) electrons. The zero-order chi connectivity index (χ0) is 37.5. The van der Waals surface area contributed by atoms with Crippen LogP contribution in [0.4, 0.5) is 17.1 Å². The van der Waals surface area contributed by atoms with Crippen LogP contribution in [-0.2, 0) is 5.41 Å². The van der Waals surface area contributed by atoms with Crippen LogP contribution in [-0.4, -0.2) is 0 Å². The molecule has 1 atom stereocenters. The van der Waals surface area contributed by atoms with Gasteiger partial charge in [-0.1, -0.05) is 164 Å². The summed E-state index contributed by atoms with van der Waals surface area (Å²) in [6, 6.07) is 79.0. The summed E-state index contributed by atoms with van der Waals surface area (Å²) in [6.45, 7) is 0. The Morgan fingerprint density at radius 1 is 0.316 bits per heavy atom. The molecule has 0 aliphatic heterocycles. The molecule has 1 spiro atoms. The summed E-state index contributed by atoms with van der Waals surface area (Å²) in [7, 11) is 0. The number of hydrogen-bond donors (Lipinski definition) is 0. The lowest BCUT2D eigenvalue weighted by molar-refractivity contribution is 0.776. The predicted octanol–water partition coefficient (Wildman–Crippen LogP) is 15.2. The third kappa shape index (κ3) is 4.62. The highest BCUT2D eigenvalue weighted by molar-refractivity contribution is 7.25. The molecule has 12 rings (SSSR count). The van der Waals surface area contributed by atoms with Crippen LogP contribution in [0.5, 0.6) is 0 Å². The van der Waals surface area contributed by atoms with Gasteiger partial charge in [0.1, 0.15) is 0 Å². The molecule has 9 aromatic carbocycles. The van der Waals surface area contributed by atoms with Crippen molar-refractivity contribution in [3.8, 4) is 44.5 Å². The Kier molecular flexibility index (Phi) is 7.08. The van der Waals surface area contributed by atoms with Crippen LogP contribution in [0, 0.1) is 0 Å². The van der Waals surface area contributed by atoms with E-state index in [-0.39, 0.29) is 0 Å². The van der Waals surface area contributed by atoms with E-state index in [1.807, 2.05) is 11.3 Å². The minimum Gasteiger partial charge on any atom is -0.310 e. The largest absolute Gasteiger partial charge is 0.310 e. The van der Waals surface area contributed by atoms with Gasteiger partial charge in [-0.3, -0.25) is 0 Å². The molecular formula is C55H35NS. The second-order valence-corrected chi connectivity index (χ2v) is 16.2.